The molecule has 0 spiro atoms. The Labute approximate surface area is 199 Å². The second-order valence-electron chi connectivity index (χ2n) is 7.07. The van der Waals surface area contributed by atoms with E-state index in [1.807, 2.05) is 0 Å². The van der Waals surface area contributed by atoms with Crippen LogP contribution in [0.4, 0.5) is 20.3 Å². The molecule has 0 aliphatic heterocycles. The van der Waals surface area contributed by atoms with E-state index in [0.717, 1.165) is 17.7 Å². The Balaban J connectivity index is 1.63. The third-order valence-corrected chi connectivity index (χ3v) is 4.85. The second kappa shape index (κ2) is 11.5. The molecule has 0 atom stereocenters. The fraction of sp³-hybridized carbons (Fsp3) is 0.0909. The van der Waals surface area contributed by atoms with Gasteiger partial charge >= 0.3 is 7.82 Å². The zero-order chi connectivity index (χ0) is 25.4. The summed E-state index contributed by atoms with van der Waals surface area (Å²) in [5.74, 6) is -0.826. The van der Waals surface area contributed by atoms with Crippen LogP contribution < -0.4 is 16.4 Å². The van der Waals surface area contributed by atoms with E-state index in [4.69, 9.17) is 20.0 Å². The number of aromatic nitrogens is 2. The maximum Gasteiger partial charge on any atom is 0.471 e. The minimum Gasteiger partial charge on any atom is -0.399 e. The number of phosphoric ester groups is 1. The standard InChI is InChI=1S/C22H22F2N5O5P/c1-14(25)17(4-3-9-26-13-33-35(30,31)32)20-11-16(29-34-20)10-15-7-8-21(27-12-15)28-22-18(23)5-2-6-19(22)24/h2-9,11-12,26H,1,10,13,25H2,(H,27,28)(H2,30,31,32)/b9-3-,17-4+. The van der Waals surface area contributed by atoms with Gasteiger partial charge in [-0.2, -0.15) is 0 Å². The summed E-state index contributed by atoms with van der Waals surface area (Å²) >= 11 is 0. The molecule has 3 rings (SSSR count). The molecule has 35 heavy (non-hydrogen) atoms. The number of pyridine rings is 1. The predicted molar refractivity (Wildman–Crippen MR) is 125 cm³/mol. The number of nitrogens with one attached hydrogen (secondary N) is 2. The molecule has 0 bridgehead atoms. The molecule has 6 N–H and O–H groups in total. The topological polar surface area (TPSA) is 156 Å². The first kappa shape index (κ1) is 25.8. The highest BCUT2D eigenvalue weighted by Gasteiger charge is 2.13. The number of rotatable bonds is 11. The van der Waals surface area contributed by atoms with Gasteiger partial charge in [-0.3, -0.25) is 4.52 Å². The van der Waals surface area contributed by atoms with Gasteiger partial charge in [0.1, 0.15) is 29.9 Å². The minimum absolute atomic E-state index is 0.210. The van der Waals surface area contributed by atoms with Crippen LogP contribution >= 0.6 is 7.82 Å². The molecule has 0 radical (unpaired) electrons. The van der Waals surface area contributed by atoms with E-state index in [9.17, 15) is 13.3 Å². The Hall–Kier alpha value is -3.83. The largest absolute Gasteiger partial charge is 0.471 e. The van der Waals surface area contributed by atoms with Gasteiger partial charge in [-0.25, -0.2) is 18.3 Å². The van der Waals surface area contributed by atoms with Crippen LogP contribution in [0.25, 0.3) is 5.57 Å². The molecule has 2 heterocycles. The summed E-state index contributed by atoms with van der Waals surface area (Å²) in [7, 11) is -4.55. The van der Waals surface area contributed by atoms with Gasteiger partial charge < -0.3 is 30.7 Å². The maximum atomic E-state index is 13.8. The van der Waals surface area contributed by atoms with Crippen molar-refractivity contribution in [3.05, 3.63) is 102 Å². The van der Waals surface area contributed by atoms with E-state index in [1.54, 1.807) is 30.5 Å². The lowest BCUT2D eigenvalue weighted by atomic mass is 10.1. The van der Waals surface area contributed by atoms with Gasteiger partial charge in [0.25, 0.3) is 0 Å². The monoisotopic (exact) mass is 505 g/mol. The van der Waals surface area contributed by atoms with Crippen molar-refractivity contribution < 1.29 is 32.2 Å². The zero-order valence-electron chi connectivity index (χ0n) is 18.2. The van der Waals surface area contributed by atoms with Crippen molar-refractivity contribution in [3.63, 3.8) is 0 Å². The first-order valence-electron chi connectivity index (χ1n) is 9.99. The van der Waals surface area contributed by atoms with Crippen LogP contribution in [0.5, 0.6) is 0 Å². The van der Waals surface area contributed by atoms with Gasteiger partial charge in [0.2, 0.25) is 0 Å². The van der Waals surface area contributed by atoms with Crippen LogP contribution in [-0.2, 0) is 15.5 Å². The Morgan fingerprint density at radius 1 is 1.26 bits per heavy atom. The molecule has 0 amide bonds. The number of allylic oxidation sites excluding steroid dienone is 3. The van der Waals surface area contributed by atoms with Crippen LogP contribution in [0.3, 0.4) is 0 Å². The van der Waals surface area contributed by atoms with E-state index in [1.165, 1.54) is 18.3 Å². The highest BCUT2D eigenvalue weighted by Crippen LogP contribution is 2.34. The minimum atomic E-state index is -4.55. The number of hydrogen-bond acceptors (Lipinski definition) is 8. The molecule has 0 saturated carbocycles. The lowest BCUT2D eigenvalue weighted by Crippen LogP contribution is -2.09. The van der Waals surface area contributed by atoms with Crippen molar-refractivity contribution in [2.45, 2.75) is 6.42 Å². The van der Waals surface area contributed by atoms with Crippen LogP contribution in [0.2, 0.25) is 0 Å². The van der Waals surface area contributed by atoms with Gasteiger partial charge in [-0.05, 0) is 42.1 Å². The van der Waals surface area contributed by atoms with Crippen molar-refractivity contribution in [2.24, 2.45) is 5.73 Å². The van der Waals surface area contributed by atoms with E-state index < -0.39 is 26.2 Å². The number of para-hydroxylation sites is 1. The first-order valence-corrected chi connectivity index (χ1v) is 11.5. The number of benzene rings is 1. The number of anilines is 2. The first-order chi connectivity index (χ1) is 16.6. The van der Waals surface area contributed by atoms with Crippen molar-refractivity contribution in [1.82, 2.24) is 15.5 Å². The molecule has 184 valence electrons. The average molecular weight is 505 g/mol. The smallest absolute Gasteiger partial charge is 0.399 e. The lowest BCUT2D eigenvalue weighted by Gasteiger charge is -2.08. The molecule has 0 fully saturated rings. The van der Waals surface area contributed by atoms with Gasteiger partial charge in [0, 0.05) is 30.0 Å². The van der Waals surface area contributed by atoms with E-state index in [2.05, 4.69) is 31.9 Å². The van der Waals surface area contributed by atoms with E-state index in [-0.39, 0.29) is 17.2 Å². The lowest BCUT2D eigenvalue weighted by molar-refractivity contribution is 0.191. The molecule has 10 nitrogen and oxygen atoms in total. The summed E-state index contributed by atoms with van der Waals surface area (Å²) in [4.78, 5) is 21.4. The van der Waals surface area contributed by atoms with Crippen molar-refractivity contribution in [2.75, 3.05) is 12.0 Å². The quantitative estimate of drug-likeness (QED) is 0.113. The SMILES string of the molecule is C=C(N)/C(=C\C=C/NCOP(=O)(O)O)c1cc(Cc2ccc(Nc3c(F)cccc3F)nc2)no1. The van der Waals surface area contributed by atoms with E-state index >= 15 is 0 Å². The maximum absolute atomic E-state index is 13.8. The van der Waals surface area contributed by atoms with Gasteiger partial charge in [-0.15, -0.1) is 0 Å². The third-order valence-electron chi connectivity index (χ3n) is 4.39. The van der Waals surface area contributed by atoms with Crippen LogP contribution in [0, 0.1) is 11.6 Å². The van der Waals surface area contributed by atoms with Crippen molar-refractivity contribution in [3.8, 4) is 0 Å². The summed E-state index contributed by atoms with van der Waals surface area (Å²) in [5.41, 5.74) is 7.55. The number of halogens is 2. The molecular weight excluding hydrogens is 483 g/mol. The highest BCUT2D eigenvalue weighted by molar-refractivity contribution is 7.46. The summed E-state index contributed by atoms with van der Waals surface area (Å²) in [6, 6.07) is 8.56. The number of nitrogens with zero attached hydrogens (tertiary/aromatic N) is 2. The van der Waals surface area contributed by atoms with Crippen LogP contribution in [-0.4, -0.2) is 26.7 Å². The molecule has 3 aromatic rings. The number of nitrogens with two attached hydrogens (primary N) is 1. The van der Waals surface area contributed by atoms with Crippen LogP contribution in [0.1, 0.15) is 17.0 Å². The van der Waals surface area contributed by atoms with Gasteiger partial charge in [0.15, 0.2) is 5.76 Å². The number of hydrogen-bond donors (Lipinski definition) is 5. The summed E-state index contributed by atoms with van der Waals surface area (Å²) < 4.78 is 47.8. The Morgan fingerprint density at radius 2 is 2.00 bits per heavy atom. The fourth-order valence-electron chi connectivity index (χ4n) is 2.81. The summed E-state index contributed by atoms with van der Waals surface area (Å²) in [6.07, 6.45) is 6.40. The van der Waals surface area contributed by atoms with Gasteiger partial charge in [0.05, 0.1) is 5.69 Å². The Kier molecular flexibility index (Phi) is 8.50. The highest BCUT2D eigenvalue weighted by atomic mass is 31.2. The molecule has 13 heteroatoms. The van der Waals surface area contributed by atoms with Crippen LogP contribution in [0.15, 0.2) is 77.7 Å². The molecule has 0 unspecified atom stereocenters. The summed E-state index contributed by atoms with van der Waals surface area (Å²) in [5, 5.41) is 9.17. The molecular formula is C22H22F2N5O5P. The normalized spacial score (nSPS) is 12.2. The fourth-order valence-corrected chi connectivity index (χ4v) is 3.05. The number of phosphoric acid groups is 1. The summed E-state index contributed by atoms with van der Waals surface area (Å²) in [6.45, 7) is 3.31. The predicted octanol–water partition coefficient (Wildman–Crippen LogP) is 3.71. The average Bonchev–Trinajstić information content (AvgIpc) is 3.24. The van der Waals surface area contributed by atoms with Crippen molar-refractivity contribution in [1.29, 1.82) is 0 Å². The second-order valence-corrected chi connectivity index (χ2v) is 8.30. The molecule has 0 aliphatic rings. The van der Waals surface area contributed by atoms with E-state index in [0.29, 0.717) is 23.4 Å². The van der Waals surface area contributed by atoms with Gasteiger partial charge in [-0.1, -0.05) is 23.9 Å². The molecule has 2 aromatic heterocycles. The van der Waals surface area contributed by atoms with Crippen molar-refractivity contribution >= 4 is 24.9 Å². The Morgan fingerprint density at radius 3 is 2.63 bits per heavy atom. The molecule has 0 aliphatic carbocycles. The Bertz CT molecular complexity index is 1270. The molecule has 0 saturated heterocycles. The third kappa shape index (κ3) is 7.87. The molecule has 1 aromatic carbocycles. The zero-order valence-corrected chi connectivity index (χ0v) is 19.1.